The molecule has 0 unspecified atom stereocenters. The smallest absolute Gasteiger partial charge is 0.342 e. The van der Waals surface area contributed by atoms with Gasteiger partial charge in [0.15, 0.2) is 6.61 Å². The SMILES string of the molecule is COCCCn1c(C)cc(C(=O)COC(=O)c2cc(OC)ccc2OC)c1C. The van der Waals surface area contributed by atoms with E-state index in [-0.39, 0.29) is 18.0 Å². The number of rotatable bonds is 10. The third kappa shape index (κ3) is 4.92. The maximum atomic E-state index is 12.6. The number of methoxy groups -OCH3 is 3. The molecule has 0 radical (unpaired) electrons. The van der Waals surface area contributed by atoms with Crippen LogP contribution in [0, 0.1) is 13.8 Å². The predicted molar refractivity (Wildman–Crippen MR) is 105 cm³/mol. The molecular formula is C21H27NO6. The van der Waals surface area contributed by atoms with Gasteiger partial charge in [-0.1, -0.05) is 0 Å². The Labute approximate surface area is 165 Å². The quantitative estimate of drug-likeness (QED) is 0.353. The Morgan fingerprint density at radius 2 is 1.75 bits per heavy atom. The van der Waals surface area contributed by atoms with Crippen LogP contribution in [0.15, 0.2) is 24.3 Å². The number of ether oxygens (including phenoxy) is 4. The van der Waals surface area contributed by atoms with E-state index in [9.17, 15) is 9.59 Å². The molecule has 7 heteroatoms. The summed E-state index contributed by atoms with van der Waals surface area (Å²) >= 11 is 0. The highest BCUT2D eigenvalue weighted by Crippen LogP contribution is 2.25. The highest BCUT2D eigenvalue weighted by Gasteiger charge is 2.20. The highest BCUT2D eigenvalue weighted by molar-refractivity contribution is 6.01. The van der Waals surface area contributed by atoms with Gasteiger partial charge in [-0.2, -0.15) is 0 Å². The van der Waals surface area contributed by atoms with Crippen molar-refractivity contribution in [3.05, 3.63) is 46.8 Å². The molecule has 2 rings (SSSR count). The standard InChI is InChI=1S/C21H27NO6/c1-14-11-17(15(2)22(14)9-6-10-25-3)19(23)13-28-21(24)18-12-16(26-4)7-8-20(18)27-5/h7-8,11-12H,6,9-10,13H2,1-5H3. The average molecular weight is 389 g/mol. The van der Waals surface area contributed by atoms with Crippen LogP contribution in [-0.4, -0.2) is 50.9 Å². The van der Waals surface area contributed by atoms with E-state index in [1.807, 2.05) is 19.9 Å². The molecule has 0 N–H and O–H groups in total. The minimum absolute atomic E-state index is 0.208. The second kappa shape index (κ2) is 9.94. The first-order valence-electron chi connectivity index (χ1n) is 9.01. The Hall–Kier alpha value is -2.80. The van der Waals surface area contributed by atoms with Crippen LogP contribution in [0.25, 0.3) is 0 Å². The molecule has 0 fully saturated rings. The largest absolute Gasteiger partial charge is 0.497 e. The van der Waals surface area contributed by atoms with Gasteiger partial charge in [-0.25, -0.2) is 4.79 Å². The Morgan fingerprint density at radius 1 is 1.00 bits per heavy atom. The average Bonchev–Trinajstić information content (AvgIpc) is 2.99. The fourth-order valence-electron chi connectivity index (χ4n) is 3.05. The van der Waals surface area contributed by atoms with E-state index >= 15 is 0 Å². The first-order valence-corrected chi connectivity index (χ1v) is 9.01. The van der Waals surface area contributed by atoms with Gasteiger partial charge in [0.2, 0.25) is 5.78 Å². The van der Waals surface area contributed by atoms with Gasteiger partial charge in [0.25, 0.3) is 0 Å². The van der Waals surface area contributed by atoms with Crippen molar-refractivity contribution in [2.24, 2.45) is 0 Å². The molecule has 0 bridgehead atoms. The molecule has 7 nitrogen and oxygen atoms in total. The van der Waals surface area contributed by atoms with Crippen LogP contribution >= 0.6 is 0 Å². The molecule has 0 spiro atoms. The second-order valence-corrected chi connectivity index (χ2v) is 6.35. The van der Waals surface area contributed by atoms with Crippen molar-refractivity contribution in [3.63, 3.8) is 0 Å². The molecule has 0 saturated heterocycles. The second-order valence-electron chi connectivity index (χ2n) is 6.35. The Bertz CT molecular complexity index is 840. The van der Waals surface area contributed by atoms with E-state index in [1.54, 1.807) is 19.2 Å². The number of hydrogen-bond donors (Lipinski definition) is 0. The Kier molecular flexibility index (Phi) is 7.63. The first kappa shape index (κ1) is 21.5. The number of benzene rings is 1. The summed E-state index contributed by atoms with van der Waals surface area (Å²) in [7, 11) is 4.63. The first-order chi connectivity index (χ1) is 13.4. The number of carbonyl (C=O) groups excluding carboxylic acids is 2. The van der Waals surface area contributed by atoms with E-state index in [1.165, 1.54) is 20.3 Å². The summed E-state index contributed by atoms with van der Waals surface area (Å²) < 4.78 is 22.7. The van der Waals surface area contributed by atoms with E-state index in [2.05, 4.69) is 4.57 Å². The topological polar surface area (TPSA) is 76.0 Å². The molecule has 1 aromatic carbocycles. The van der Waals surface area contributed by atoms with E-state index in [4.69, 9.17) is 18.9 Å². The summed E-state index contributed by atoms with van der Waals surface area (Å²) in [6.07, 6.45) is 0.852. The van der Waals surface area contributed by atoms with Crippen molar-refractivity contribution in [1.29, 1.82) is 0 Å². The van der Waals surface area contributed by atoms with Crippen molar-refractivity contribution < 1.29 is 28.5 Å². The van der Waals surface area contributed by atoms with Crippen LogP contribution in [0.4, 0.5) is 0 Å². The van der Waals surface area contributed by atoms with Crippen LogP contribution in [0.2, 0.25) is 0 Å². The molecule has 0 aliphatic rings. The van der Waals surface area contributed by atoms with Gasteiger partial charge < -0.3 is 23.5 Å². The zero-order valence-electron chi connectivity index (χ0n) is 17.0. The van der Waals surface area contributed by atoms with Crippen molar-refractivity contribution >= 4 is 11.8 Å². The van der Waals surface area contributed by atoms with Gasteiger partial charge in [-0.15, -0.1) is 0 Å². The lowest BCUT2D eigenvalue weighted by atomic mass is 10.1. The van der Waals surface area contributed by atoms with Gasteiger partial charge in [0, 0.05) is 37.2 Å². The number of aryl methyl sites for hydroxylation is 1. The molecule has 28 heavy (non-hydrogen) atoms. The Balaban J connectivity index is 2.08. The monoisotopic (exact) mass is 389 g/mol. The van der Waals surface area contributed by atoms with Crippen LogP contribution in [-0.2, 0) is 16.0 Å². The van der Waals surface area contributed by atoms with Crippen LogP contribution in [0.3, 0.4) is 0 Å². The lowest BCUT2D eigenvalue weighted by Gasteiger charge is -2.11. The van der Waals surface area contributed by atoms with Crippen LogP contribution < -0.4 is 9.47 Å². The lowest BCUT2D eigenvalue weighted by molar-refractivity contribution is 0.0471. The fourth-order valence-corrected chi connectivity index (χ4v) is 3.05. The van der Waals surface area contributed by atoms with Gasteiger partial charge in [-0.05, 0) is 44.5 Å². The fraction of sp³-hybridized carbons (Fsp3) is 0.429. The summed E-state index contributed by atoms with van der Waals surface area (Å²) in [6.45, 7) is 4.91. The molecule has 152 valence electrons. The van der Waals surface area contributed by atoms with E-state index < -0.39 is 5.97 Å². The minimum atomic E-state index is -0.641. The number of ketones is 1. The maximum absolute atomic E-state index is 12.6. The van der Waals surface area contributed by atoms with Gasteiger partial charge in [-0.3, -0.25) is 4.79 Å². The zero-order chi connectivity index (χ0) is 20.7. The maximum Gasteiger partial charge on any atom is 0.342 e. The highest BCUT2D eigenvalue weighted by atomic mass is 16.5. The third-order valence-electron chi connectivity index (χ3n) is 4.57. The van der Waals surface area contributed by atoms with Crippen molar-refractivity contribution in [2.45, 2.75) is 26.8 Å². The molecule has 0 atom stereocenters. The molecule has 1 aromatic heterocycles. The number of hydrogen-bond acceptors (Lipinski definition) is 6. The Morgan fingerprint density at radius 3 is 2.39 bits per heavy atom. The summed E-state index contributed by atoms with van der Waals surface area (Å²) in [5.41, 5.74) is 2.60. The summed E-state index contributed by atoms with van der Waals surface area (Å²) in [6, 6.07) is 6.64. The number of nitrogens with zero attached hydrogens (tertiary/aromatic N) is 1. The number of esters is 1. The summed E-state index contributed by atoms with van der Waals surface area (Å²) in [4.78, 5) is 25.0. The molecule has 0 aliphatic heterocycles. The van der Waals surface area contributed by atoms with Gasteiger partial charge in [0.1, 0.15) is 17.1 Å². The third-order valence-corrected chi connectivity index (χ3v) is 4.57. The molecule has 0 amide bonds. The van der Waals surface area contributed by atoms with E-state index in [0.717, 1.165) is 24.4 Å². The molecular weight excluding hydrogens is 362 g/mol. The summed E-state index contributed by atoms with van der Waals surface area (Å²) in [5, 5.41) is 0. The number of aromatic nitrogens is 1. The predicted octanol–water partition coefficient (Wildman–Crippen LogP) is 3.20. The zero-order valence-corrected chi connectivity index (χ0v) is 17.0. The molecule has 0 aliphatic carbocycles. The van der Waals surface area contributed by atoms with Crippen molar-refractivity contribution in [3.8, 4) is 11.5 Å². The minimum Gasteiger partial charge on any atom is -0.497 e. The lowest BCUT2D eigenvalue weighted by Crippen LogP contribution is -2.16. The normalized spacial score (nSPS) is 10.6. The van der Waals surface area contributed by atoms with Gasteiger partial charge >= 0.3 is 5.97 Å². The summed E-state index contributed by atoms with van der Waals surface area (Å²) in [5.74, 6) is -0.0347. The molecule has 1 heterocycles. The number of Topliss-reactive ketones (excluding diaryl/α,β-unsaturated/α-hetero) is 1. The molecule has 2 aromatic rings. The van der Waals surface area contributed by atoms with Crippen molar-refractivity contribution in [2.75, 3.05) is 34.5 Å². The van der Waals surface area contributed by atoms with E-state index in [0.29, 0.717) is 23.7 Å². The van der Waals surface area contributed by atoms with Gasteiger partial charge in [0.05, 0.1) is 14.2 Å². The number of carbonyl (C=O) groups is 2. The van der Waals surface area contributed by atoms with Crippen molar-refractivity contribution in [1.82, 2.24) is 4.57 Å². The molecule has 0 saturated carbocycles. The van der Waals surface area contributed by atoms with Crippen LogP contribution in [0.5, 0.6) is 11.5 Å². The van der Waals surface area contributed by atoms with Crippen LogP contribution in [0.1, 0.15) is 38.5 Å².